The molecule has 0 bridgehead atoms. The first-order valence-electron chi connectivity index (χ1n) is 12.1. The first kappa shape index (κ1) is 27.1. The smallest absolute Gasteiger partial charge is 0.433 e. The molecule has 202 valence electrons. The standard InChI is InChI=1S/C26H29F3N6O3/c1-25(2,3)38-24(37)35-10-8-34(9-11-35)20-5-4-19(31-14-20)13-21(36)15-33-16-22(32-17-33)18-6-7-30-23(12-18)26(27,28)29/h4-7,12,14,16-17H,8-11,13,15H2,1-3H3. The summed E-state index contributed by atoms with van der Waals surface area (Å²) in [5.41, 5.74) is 0.560. The third-order valence-corrected chi connectivity index (χ3v) is 5.82. The van der Waals surface area contributed by atoms with Gasteiger partial charge in [0.15, 0.2) is 5.78 Å². The van der Waals surface area contributed by atoms with Crippen molar-refractivity contribution in [3.05, 3.63) is 60.6 Å². The summed E-state index contributed by atoms with van der Waals surface area (Å²) in [5, 5.41) is 0. The van der Waals surface area contributed by atoms with Crippen LogP contribution < -0.4 is 4.90 Å². The number of anilines is 1. The van der Waals surface area contributed by atoms with E-state index in [-0.39, 0.29) is 30.4 Å². The van der Waals surface area contributed by atoms with Crippen molar-refractivity contribution in [1.29, 1.82) is 0 Å². The maximum absolute atomic E-state index is 12.9. The van der Waals surface area contributed by atoms with Crippen LogP contribution in [0.5, 0.6) is 0 Å². The Morgan fingerprint density at radius 2 is 1.74 bits per heavy atom. The summed E-state index contributed by atoms with van der Waals surface area (Å²) >= 11 is 0. The molecule has 9 nitrogen and oxygen atoms in total. The lowest BCUT2D eigenvalue weighted by atomic mass is 10.1. The molecule has 0 aromatic carbocycles. The van der Waals surface area contributed by atoms with Gasteiger partial charge in [0, 0.05) is 49.8 Å². The third-order valence-electron chi connectivity index (χ3n) is 5.82. The van der Waals surface area contributed by atoms with Crippen molar-refractivity contribution < 1.29 is 27.5 Å². The lowest BCUT2D eigenvalue weighted by Crippen LogP contribution is -2.50. The number of carbonyl (C=O) groups excluding carboxylic acids is 2. The predicted octanol–water partition coefficient (Wildman–Crippen LogP) is 4.23. The first-order chi connectivity index (χ1) is 17.9. The molecule has 0 radical (unpaired) electrons. The molecule has 4 rings (SSSR count). The van der Waals surface area contributed by atoms with Crippen LogP contribution in [0.25, 0.3) is 11.3 Å². The maximum Gasteiger partial charge on any atom is 0.433 e. The summed E-state index contributed by atoms with van der Waals surface area (Å²) in [5.74, 6) is -0.120. The van der Waals surface area contributed by atoms with E-state index in [1.165, 1.54) is 23.2 Å². The van der Waals surface area contributed by atoms with E-state index in [1.54, 1.807) is 17.2 Å². The highest BCUT2D eigenvalue weighted by atomic mass is 19.4. The highest BCUT2D eigenvalue weighted by molar-refractivity contribution is 5.80. The van der Waals surface area contributed by atoms with Gasteiger partial charge in [0.1, 0.15) is 11.3 Å². The highest BCUT2D eigenvalue weighted by Gasteiger charge is 2.32. The van der Waals surface area contributed by atoms with E-state index in [0.717, 1.165) is 18.0 Å². The van der Waals surface area contributed by atoms with E-state index in [1.807, 2.05) is 26.8 Å². The van der Waals surface area contributed by atoms with Gasteiger partial charge in [0.2, 0.25) is 0 Å². The number of nitrogens with zero attached hydrogens (tertiary/aromatic N) is 6. The van der Waals surface area contributed by atoms with Crippen LogP contribution in [0.3, 0.4) is 0 Å². The number of ketones is 1. The van der Waals surface area contributed by atoms with Gasteiger partial charge in [-0.25, -0.2) is 9.78 Å². The van der Waals surface area contributed by atoms with Crippen molar-refractivity contribution in [2.24, 2.45) is 0 Å². The molecule has 1 aliphatic heterocycles. The maximum atomic E-state index is 12.9. The number of aromatic nitrogens is 4. The zero-order chi connectivity index (χ0) is 27.5. The van der Waals surface area contributed by atoms with Crippen molar-refractivity contribution in [3.8, 4) is 11.3 Å². The van der Waals surface area contributed by atoms with Crippen molar-refractivity contribution in [1.82, 2.24) is 24.4 Å². The molecule has 0 saturated carbocycles. The van der Waals surface area contributed by atoms with Gasteiger partial charge >= 0.3 is 12.3 Å². The number of amides is 1. The number of Topliss-reactive ketones (excluding diaryl/α,β-unsaturated/α-hetero) is 1. The molecule has 1 amide bonds. The van der Waals surface area contributed by atoms with Gasteiger partial charge in [-0.05, 0) is 45.0 Å². The molecule has 0 spiro atoms. The highest BCUT2D eigenvalue weighted by Crippen LogP contribution is 2.30. The summed E-state index contributed by atoms with van der Waals surface area (Å²) in [6.45, 7) is 7.89. The largest absolute Gasteiger partial charge is 0.444 e. The predicted molar refractivity (Wildman–Crippen MR) is 133 cm³/mol. The second kappa shape index (κ2) is 10.8. The average Bonchev–Trinajstić information content (AvgIpc) is 3.31. The molecule has 3 aromatic rings. The number of pyridine rings is 2. The number of hydrogen-bond donors (Lipinski definition) is 0. The molecule has 12 heteroatoms. The van der Waals surface area contributed by atoms with Crippen LogP contribution in [0.1, 0.15) is 32.2 Å². The quantitative estimate of drug-likeness (QED) is 0.471. The Kier molecular flexibility index (Phi) is 7.70. The van der Waals surface area contributed by atoms with Crippen LogP contribution in [0.4, 0.5) is 23.7 Å². The minimum absolute atomic E-state index is 0.0142. The topological polar surface area (TPSA) is 93.5 Å². The van der Waals surface area contributed by atoms with Gasteiger partial charge in [0.25, 0.3) is 0 Å². The van der Waals surface area contributed by atoms with Crippen LogP contribution in [0, 0.1) is 0 Å². The Balaban J connectivity index is 1.29. The Morgan fingerprint density at radius 3 is 2.37 bits per heavy atom. The zero-order valence-corrected chi connectivity index (χ0v) is 21.4. The summed E-state index contributed by atoms with van der Waals surface area (Å²) in [7, 11) is 0. The van der Waals surface area contributed by atoms with Crippen LogP contribution >= 0.6 is 0 Å². The van der Waals surface area contributed by atoms with Gasteiger partial charge in [-0.3, -0.25) is 14.8 Å². The first-order valence-corrected chi connectivity index (χ1v) is 12.1. The number of rotatable bonds is 6. The fourth-order valence-corrected chi connectivity index (χ4v) is 3.98. The van der Waals surface area contributed by atoms with Crippen LogP contribution in [-0.2, 0) is 28.7 Å². The average molecular weight is 531 g/mol. The lowest BCUT2D eigenvalue weighted by Gasteiger charge is -2.36. The van der Waals surface area contributed by atoms with E-state index in [2.05, 4.69) is 19.9 Å². The number of alkyl halides is 3. The fourth-order valence-electron chi connectivity index (χ4n) is 3.98. The zero-order valence-electron chi connectivity index (χ0n) is 21.4. The number of piperazine rings is 1. The molecule has 1 aliphatic rings. The van der Waals surface area contributed by atoms with E-state index < -0.39 is 17.5 Å². The lowest BCUT2D eigenvalue weighted by molar-refractivity contribution is -0.141. The Hall–Kier alpha value is -3.96. The molecule has 1 fully saturated rings. The third kappa shape index (κ3) is 7.08. The molecule has 4 heterocycles. The summed E-state index contributed by atoms with van der Waals surface area (Å²) < 4.78 is 45.8. The fraction of sp³-hybridized carbons (Fsp3) is 0.423. The molecule has 3 aromatic heterocycles. The monoisotopic (exact) mass is 530 g/mol. The van der Waals surface area contributed by atoms with E-state index in [9.17, 15) is 22.8 Å². The van der Waals surface area contributed by atoms with Gasteiger partial charge in [-0.1, -0.05) is 0 Å². The SMILES string of the molecule is CC(C)(C)OC(=O)N1CCN(c2ccc(CC(=O)Cn3cnc(-c4ccnc(C(F)(F)F)c4)c3)nc2)CC1. The number of imidazole rings is 1. The van der Waals surface area contributed by atoms with Crippen molar-refractivity contribution in [2.75, 3.05) is 31.1 Å². The molecule has 0 atom stereocenters. The summed E-state index contributed by atoms with van der Waals surface area (Å²) in [6.07, 6.45) is 0.969. The number of carbonyl (C=O) groups is 2. The molecular weight excluding hydrogens is 501 g/mol. The second-order valence-corrected chi connectivity index (χ2v) is 10.0. The molecular formula is C26H29F3N6O3. The van der Waals surface area contributed by atoms with Crippen molar-refractivity contribution in [2.45, 2.75) is 45.5 Å². The van der Waals surface area contributed by atoms with E-state index in [4.69, 9.17) is 4.74 Å². The minimum Gasteiger partial charge on any atom is -0.444 e. The van der Waals surface area contributed by atoms with Gasteiger partial charge < -0.3 is 19.1 Å². The minimum atomic E-state index is -4.55. The molecule has 0 N–H and O–H groups in total. The number of halogens is 3. The van der Waals surface area contributed by atoms with Crippen LogP contribution in [0.2, 0.25) is 0 Å². The molecule has 0 aliphatic carbocycles. The summed E-state index contributed by atoms with van der Waals surface area (Å²) in [6, 6.07) is 6.06. The normalized spacial score (nSPS) is 14.5. The van der Waals surface area contributed by atoms with Gasteiger partial charge in [-0.15, -0.1) is 0 Å². The summed E-state index contributed by atoms with van der Waals surface area (Å²) in [4.78, 5) is 40.5. The Bertz CT molecular complexity index is 1280. The molecule has 1 saturated heterocycles. The van der Waals surface area contributed by atoms with Crippen LogP contribution in [-0.4, -0.2) is 68.1 Å². The van der Waals surface area contributed by atoms with Crippen molar-refractivity contribution in [3.63, 3.8) is 0 Å². The number of ether oxygens (including phenoxy) is 1. The number of hydrogen-bond acceptors (Lipinski definition) is 7. The second-order valence-electron chi connectivity index (χ2n) is 10.0. The Morgan fingerprint density at radius 1 is 1.00 bits per heavy atom. The van der Waals surface area contributed by atoms with Gasteiger partial charge in [0.05, 0.1) is 36.9 Å². The van der Waals surface area contributed by atoms with Gasteiger partial charge in [-0.2, -0.15) is 13.2 Å². The Labute approximate surface area is 218 Å². The van der Waals surface area contributed by atoms with Crippen molar-refractivity contribution >= 4 is 17.6 Å². The van der Waals surface area contributed by atoms with Crippen LogP contribution in [0.15, 0.2) is 49.2 Å². The van der Waals surface area contributed by atoms with E-state index in [0.29, 0.717) is 37.6 Å². The molecule has 38 heavy (non-hydrogen) atoms. The molecule has 0 unspecified atom stereocenters. The van der Waals surface area contributed by atoms with E-state index >= 15 is 0 Å².